The Morgan fingerprint density at radius 3 is 2.33 bits per heavy atom. The van der Waals surface area contributed by atoms with Crippen LogP contribution in [0.1, 0.15) is 5.56 Å². The Balaban J connectivity index is 2.56. The van der Waals surface area contributed by atoms with Crippen molar-refractivity contribution >= 4 is 23.2 Å². The molecule has 0 atom stereocenters. The molecule has 0 unspecified atom stereocenters. The van der Waals surface area contributed by atoms with Gasteiger partial charge in [0.2, 0.25) is 0 Å². The molecular formula is C14H8Cl2FN. The topological polar surface area (TPSA) is 23.8 Å². The van der Waals surface area contributed by atoms with Gasteiger partial charge in [0.05, 0.1) is 12.5 Å². The maximum Gasteiger partial charge on any atom is 0.131 e. The standard InChI is InChI=1S/C14H8Cl2FN/c15-11-2-1-3-12(16)14(11)10-5-4-9(6-7-18)8-13(10)17/h1-5,8H,6H2. The summed E-state index contributed by atoms with van der Waals surface area (Å²) in [6, 6.07) is 11.6. The molecule has 0 heterocycles. The molecule has 0 fully saturated rings. The lowest BCUT2D eigenvalue weighted by molar-refractivity contribution is 0.629. The summed E-state index contributed by atoms with van der Waals surface area (Å²) in [6.45, 7) is 0. The van der Waals surface area contributed by atoms with Crippen LogP contribution in [0.15, 0.2) is 36.4 Å². The van der Waals surface area contributed by atoms with E-state index < -0.39 is 5.82 Å². The van der Waals surface area contributed by atoms with Gasteiger partial charge in [-0.05, 0) is 23.8 Å². The van der Waals surface area contributed by atoms with Gasteiger partial charge in [0.25, 0.3) is 0 Å². The number of nitriles is 1. The molecule has 1 nitrogen and oxygen atoms in total. The maximum atomic E-state index is 14.0. The van der Waals surface area contributed by atoms with Crippen LogP contribution >= 0.6 is 23.2 Å². The fraction of sp³-hybridized carbons (Fsp3) is 0.0714. The molecule has 0 aliphatic rings. The Labute approximate surface area is 114 Å². The fourth-order valence-corrected chi connectivity index (χ4v) is 2.32. The van der Waals surface area contributed by atoms with Crippen LogP contribution in [0.2, 0.25) is 10.0 Å². The normalized spacial score (nSPS) is 10.1. The minimum Gasteiger partial charge on any atom is -0.206 e. The van der Waals surface area contributed by atoms with Gasteiger partial charge in [-0.1, -0.05) is 41.4 Å². The molecule has 0 aliphatic carbocycles. The Bertz CT molecular complexity index is 612. The summed E-state index contributed by atoms with van der Waals surface area (Å²) < 4.78 is 14.0. The Morgan fingerprint density at radius 2 is 1.78 bits per heavy atom. The van der Waals surface area contributed by atoms with Crippen LogP contribution in [0, 0.1) is 17.1 Å². The van der Waals surface area contributed by atoms with Crippen molar-refractivity contribution in [1.82, 2.24) is 0 Å². The largest absolute Gasteiger partial charge is 0.206 e. The Hall–Kier alpha value is -1.56. The second-order valence-electron chi connectivity index (χ2n) is 3.75. The van der Waals surface area contributed by atoms with Gasteiger partial charge in [-0.15, -0.1) is 0 Å². The molecule has 2 rings (SSSR count). The fourth-order valence-electron chi connectivity index (χ4n) is 1.72. The molecule has 0 N–H and O–H groups in total. The molecule has 0 spiro atoms. The van der Waals surface area contributed by atoms with Crippen LogP contribution in [0.25, 0.3) is 11.1 Å². The van der Waals surface area contributed by atoms with Gasteiger partial charge < -0.3 is 0 Å². The van der Waals surface area contributed by atoms with E-state index in [1.54, 1.807) is 30.3 Å². The first-order valence-corrected chi connectivity index (χ1v) is 5.99. The molecule has 2 aromatic carbocycles. The first kappa shape index (κ1) is 12.9. The minimum atomic E-state index is -0.433. The molecular weight excluding hydrogens is 272 g/mol. The quantitative estimate of drug-likeness (QED) is 0.770. The summed E-state index contributed by atoms with van der Waals surface area (Å²) >= 11 is 12.1. The van der Waals surface area contributed by atoms with Gasteiger partial charge in [-0.25, -0.2) is 4.39 Å². The van der Waals surface area contributed by atoms with Crippen molar-refractivity contribution in [1.29, 1.82) is 5.26 Å². The molecule has 4 heteroatoms. The zero-order valence-corrected chi connectivity index (χ0v) is 10.8. The molecule has 0 aliphatic heterocycles. The predicted molar refractivity (Wildman–Crippen MR) is 71.2 cm³/mol. The van der Waals surface area contributed by atoms with Gasteiger partial charge in [0.15, 0.2) is 0 Å². The lowest BCUT2D eigenvalue weighted by Gasteiger charge is -2.09. The first-order valence-electron chi connectivity index (χ1n) is 5.23. The monoisotopic (exact) mass is 279 g/mol. The van der Waals surface area contributed by atoms with Gasteiger partial charge in [-0.2, -0.15) is 5.26 Å². The van der Waals surface area contributed by atoms with E-state index in [1.165, 1.54) is 6.07 Å². The molecule has 0 amide bonds. The highest BCUT2D eigenvalue weighted by Crippen LogP contribution is 2.36. The third kappa shape index (κ3) is 2.48. The maximum absolute atomic E-state index is 14.0. The number of nitrogens with zero attached hydrogens (tertiary/aromatic N) is 1. The molecule has 0 saturated carbocycles. The molecule has 18 heavy (non-hydrogen) atoms. The highest BCUT2D eigenvalue weighted by Gasteiger charge is 2.12. The zero-order valence-electron chi connectivity index (χ0n) is 9.25. The summed E-state index contributed by atoms with van der Waals surface area (Å²) in [5, 5.41) is 9.37. The first-order chi connectivity index (χ1) is 8.63. The van der Waals surface area contributed by atoms with Crippen LogP contribution in [0.5, 0.6) is 0 Å². The average Bonchev–Trinajstić information content (AvgIpc) is 2.32. The predicted octanol–water partition coefficient (Wildman–Crippen LogP) is 4.87. The van der Waals surface area contributed by atoms with Crippen LogP contribution in [-0.2, 0) is 6.42 Å². The molecule has 2 aromatic rings. The molecule has 0 bridgehead atoms. The van der Waals surface area contributed by atoms with E-state index in [0.29, 0.717) is 26.7 Å². The molecule has 0 aromatic heterocycles. The summed E-state index contributed by atoms with van der Waals surface area (Å²) in [5.41, 5.74) is 1.44. The summed E-state index contributed by atoms with van der Waals surface area (Å²) in [5.74, 6) is -0.433. The zero-order chi connectivity index (χ0) is 13.1. The SMILES string of the molecule is N#CCc1ccc(-c2c(Cl)cccc2Cl)c(F)c1. The van der Waals surface area contributed by atoms with E-state index in [-0.39, 0.29) is 6.42 Å². The lowest BCUT2D eigenvalue weighted by atomic mass is 10.0. The second kappa shape index (κ2) is 5.39. The van der Waals surface area contributed by atoms with Crippen molar-refractivity contribution in [3.8, 4) is 17.2 Å². The summed E-state index contributed by atoms with van der Waals surface area (Å²) in [4.78, 5) is 0. The van der Waals surface area contributed by atoms with Crippen molar-refractivity contribution in [3.63, 3.8) is 0 Å². The van der Waals surface area contributed by atoms with Crippen LogP contribution in [0.3, 0.4) is 0 Å². The van der Waals surface area contributed by atoms with E-state index in [1.807, 2.05) is 6.07 Å². The summed E-state index contributed by atoms with van der Waals surface area (Å²) in [6.07, 6.45) is 0.174. The van der Waals surface area contributed by atoms with E-state index in [0.717, 1.165) is 0 Å². The van der Waals surface area contributed by atoms with E-state index in [9.17, 15) is 4.39 Å². The van der Waals surface area contributed by atoms with Crippen LogP contribution < -0.4 is 0 Å². The van der Waals surface area contributed by atoms with E-state index in [4.69, 9.17) is 28.5 Å². The van der Waals surface area contributed by atoms with Gasteiger partial charge in [0, 0.05) is 21.2 Å². The third-order valence-electron chi connectivity index (χ3n) is 2.55. The Morgan fingerprint density at radius 1 is 1.11 bits per heavy atom. The van der Waals surface area contributed by atoms with Crippen LogP contribution in [-0.4, -0.2) is 0 Å². The van der Waals surface area contributed by atoms with Crippen molar-refractivity contribution in [2.45, 2.75) is 6.42 Å². The number of benzene rings is 2. The van der Waals surface area contributed by atoms with Crippen LogP contribution in [0.4, 0.5) is 4.39 Å². The number of rotatable bonds is 2. The van der Waals surface area contributed by atoms with Gasteiger partial charge in [0.1, 0.15) is 5.82 Å². The number of halogens is 3. The lowest BCUT2D eigenvalue weighted by Crippen LogP contribution is -1.90. The smallest absolute Gasteiger partial charge is 0.131 e. The van der Waals surface area contributed by atoms with Gasteiger partial charge >= 0.3 is 0 Å². The highest BCUT2D eigenvalue weighted by molar-refractivity contribution is 6.39. The third-order valence-corrected chi connectivity index (χ3v) is 3.18. The number of hydrogen-bond donors (Lipinski definition) is 0. The van der Waals surface area contributed by atoms with Crippen molar-refractivity contribution < 1.29 is 4.39 Å². The molecule has 0 saturated heterocycles. The second-order valence-corrected chi connectivity index (χ2v) is 4.56. The van der Waals surface area contributed by atoms with Crippen molar-refractivity contribution in [2.24, 2.45) is 0 Å². The van der Waals surface area contributed by atoms with E-state index >= 15 is 0 Å². The van der Waals surface area contributed by atoms with Crippen molar-refractivity contribution in [3.05, 3.63) is 57.8 Å². The van der Waals surface area contributed by atoms with Gasteiger partial charge in [-0.3, -0.25) is 0 Å². The highest BCUT2D eigenvalue weighted by atomic mass is 35.5. The van der Waals surface area contributed by atoms with E-state index in [2.05, 4.69) is 0 Å². The average molecular weight is 280 g/mol. The summed E-state index contributed by atoms with van der Waals surface area (Å²) in [7, 11) is 0. The Kier molecular flexibility index (Phi) is 3.86. The molecule has 90 valence electrons. The minimum absolute atomic E-state index is 0.174. The number of hydrogen-bond acceptors (Lipinski definition) is 1. The molecule has 0 radical (unpaired) electrons. The van der Waals surface area contributed by atoms with Crippen molar-refractivity contribution in [2.75, 3.05) is 0 Å².